The molecule has 3 aromatic rings. The fourth-order valence-electron chi connectivity index (χ4n) is 1.54. The van der Waals surface area contributed by atoms with Crippen LogP contribution in [0.4, 0.5) is 5.69 Å². The summed E-state index contributed by atoms with van der Waals surface area (Å²) in [5.74, 6) is 0.492. The second-order valence-electron chi connectivity index (χ2n) is 3.61. The molecule has 2 aromatic heterocycles. The van der Waals surface area contributed by atoms with Crippen LogP contribution in [0, 0.1) is 6.92 Å². The van der Waals surface area contributed by atoms with E-state index in [1.165, 1.54) is 0 Å². The van der Waals surface area contributed by atoms with Gasteiger partial charge in [0.05, 0.1) is 15.7 Å². The normalized spacial score (nSPS) is 11.2. The van der Waals surface area contributed by atoms with Crippen molar-refractivity contribution in [2.24, 2.45) is 0 Å². The minimum atomic E-state index is 0.479. The fourth-order valence-corrected chi connectivity index (χ4v) is 2.28. The van der Waals surface area contributed by atoms with Gasteiger partial charge in [0.15, 0.2) is 5.58 Å². The number of anilines is 1. The van der Waals surface area contributed by atoms with Gasteiger partial charge in [-0.2, -0.15) is 0 Å². The summed E-state index contributed by atoms with van der Waals surface area (Å²) in [4.78, 5) is 8.65. The van der Waals surface area contributed by atoms with Crippen LogP contribution in [0.15, 0.2) is 21.9 Å². The number of hydrogen-bond acceptors (Lipinski definition) is 5. The summed E-state index contributed by atoms with van der Waals surface area (Å²) in [5, 5.41) is 3.36. The molecule has 0 saturated heterocycles. The lowest BCUT2D eigenvalue weighted by atomic mass is 10.3. The monoisotopic (exact) mass is 265 g/mol. The first-order chi connectivity index (χ1) is 8.13. The average molecular weight is 266 g/mol. The fraction of sp³-hybridized carbons (Fsp3) is 0.0909. The number of fused-ring (bicyclic) bond motifs is 1. The largest absolute Gasteiger partial charge is 0.435 e. The quantitative estimate of drug-likeness (QED) is 0.684. The Balaban J connectivity index is 2.19. The molecule has 0 saturated carbocycles. The van der Waals surface area contributed by atoms with Gasteiger partial charge in [0.25, 0.3) is 0 Å². The minimum absolute atomic E-state index is 0.479. The number of aromatic nitrogens is 2. The van der Waals surface area contributed by atoms with Gasteiger partial charge >= 0.3 is 0 Å². The van der Waals surface area contributed by atoms with Crippen molar-refractivity contribution in [1.29, 1.82) is 0 Å². The first kappa shape index (κ1) is 10.6. The van der Waals surface area contributed by atoms with Gasteiger partial charge < -0.3 is 10.2 Å². The summed E-state index contributed by atoms with van der Waals surface area (Å²) in [6.45, 7) is 1.94. The van der Waals surface area contributed by atoms with Crippen molar-refractivity contribution >= 4 is 39.7 Å². The Morgan fingerprint density at radius 3 is 2.88 bits per heavy atom. The lowest BCUT2D eigenvalue weighted by molar-refractivity contribution is 0.617. The van der Waals surface area contributed by atoms with Gasteiger partial charge in [-0.15, -0.1) is 11.3 Å². The molecular formula is C11H8ClN3OS. The Kier molecular flexibility index (Phi) is 2.31. The van der Waals surface area contributed by atoms with Gasteiger partial charge in [0.1, 0.15) is 11.2 Å². The molecule has 0 radical (unpaired) electrons. The van der Waals surface area contributed by atoms with E-state index >= 15 is 0 Å². The van der Waals surface area contributed by atoms with Crippen LogP contribution in [-0.2, 0) is 0 Å². The van der Waals surface area contributed by atoms with Crippen molar-refractivity contribution < 1.29 is 4.42 Å². The third-order valence-corrected chi connectivity index (χ3v) is 3.45. The maximum absolute atomic E-state index is 5.93. The van der Waals surface area contributed by atoms with Crippen molar-refractivity contribution in [3.63, 3.8) is 0 Å². The molecule has 0 fully saturated rings. The van der Waals surface area contributed by atoms with E-state index in [0.717, 1.165) is 10.7 Å². The van der Waals surface area contributed by atoms with Gasteiger partial charge in [0.2, 0.25) is 5.89 Å². The number of oxazole rings is 1. The molecule has 6 heteroatoms. The highest BCUT2D eigenvalue weighted by Gasteiger charge is 2.12. The molecular weight excluding hydrogens is 258 g/mol. The minimum Gasteiger partial charge on any atom is -0.435 e. The second kappa shape index (κ2) is 3.72. The van der Waals surface area contributed by atoms with Crippen LogP contribution in [0.1, 0.15) is 5.01 Å². The smallest absolute Gasteiger partial charge is 0.247 e. The molecule has 0 aliphatic rings. The number of nitrogen functional groups attached to an aromatic ring is 1. The lowest BCUT2D eigenvalue weighted by Gasteiger charge is -1.94. The Labute approximate surface area is 106 Å². The van der Waals surface area contributed by atoms with E-state index in [9.17, 15) is 0 Å². The predicted octanol–water partition coefficient (Wildman–Crippen LogP) is 3.50. The molecule has 0 unspecified atom stereocenters. The van der Waals surface area contributed by atoms with E-state index in [1.807, 2.05) is 12.3 Å². The molecule has 0 amide bonds. The third kappa shape index (κ3) is 1.77. The van der Waals surface area contributed by atoms with Crippen molar-refractivity contribution in [3.05, 3.63) is 27.5 Å². The molecule has 0 aliphatic carbocycles. The lowest BCUT2D eigenvalue weighted by Crippen LogP contribution is -1.84. The Morgan fingerprint density at radius 2 is 2.18 bits per heavy atom. The van der Waals surface area contributed by atoms with E-state index in [0.29, 0.717) is 27.7 Å². The van der Waals surface area contributed by atoms with E-state index in [1.54, 1.807) is 23.5 Å². The highest BCUT2D eigenvalue weighted by Crippen LogP contribution is 2.30. The first-order valence-electron chi connectivity index (χ1n) is 4.91. The van der Waals surface area contributed by atoms with Gasteiger partial charge in [-0.25, -0.2) is 9.97 Å². The highest BCUT2D eigenvalue weighted by atomic mass is 35.5. The molecule has 0 spiro atoms. The van der Waals surface area contributed by atoms with Crippen molar-refractivity contribution in [2.75, 3.05) is 5.73 Å². The zero-order chi connectivity index (χ0) is 12.0. The van der Waals surface area contributed by atoms with Gasteiger partial charge in [-0.05, 0) is 13.0 Å². The molecule has 1 aromatic carbocycles. The number of benzene rings is 1. The molecule has 0 bridgehead atoms. The van der Waals surface area contributed by atoms with Crippen molar-refractivity contribution in [1.82, 2.24) is 9.97 Å². The molecule has 0 atom stereocenters. The number of thiazole rings is 1. The molecule has 4 nitrogen and oxygen atoms in total. The van der Waals surface area contributed by atoms with Crippen LogP contribution in [0.2, 0.25) is 5.02 Å². The molecule has 2 N–H and O–H groups in total. The maximum atomic E-state index is 5.93. The van der Waals surface area contributed by atoms with Crippen LogP contribution in [0.5, 0.6) is 0 Å². The SMILES string of the molecule is Cc1nc(-c2nc3cc(Cl)c(N)cc3o2)cs1. The average Bonchev–Trinajstić information content (AvgIpc) is 2.85. The van der Waals surface area contributed by atoms with Crippen LogP contribution < -0.4 is 5.73 Å². The summed E-state index contributed by atoms with van der Waals surface area (Å²) in [7, 11) is 0. The topological polar surface area (TPSA) is 64.9 Å². The van der Waals surface area contributed by atoms with E-state index in [4.69, 9.17) is 21.8 Å². The van der Waals surface area contributed by atoms with E-state index in [2.05, 4.69) is 9.97 Å². The molecule has 3 rings (SSSR count). The number of hydrogen-bond donors (Lipinski definition) is 1. The summed E-state index contributed by atoms with van der Waals surface area (Å²) in [6, 6.07) is 3.37. The van der Waals surface area contributed by atoms with Crippen LogP contribution in [0.25, 0.3) is 22.7 Å². The summed E-state index contributed by atoms with van der Waals surface area (Å²) in [5.41, 5.74) is 8.23. The highest BCUT2D eigenvalue weighted by molar-refractivity contribution is 7.09. The number of nitrogens with two attached hydrogens (primary N) is 1. The second-order valence-corrected chi connectivity index (χ2v) is 5.08. The van der Waals surface area contributed by atoms with Crippen molar-refractivity contribution in [2.45, 2.75) is 6.92 Å². The van der Waals surface area contributed by atoms with Crippen LogP contribution >= 0.6 is 22.9 Å². The van der Waals surface area contributed by atoms with Gasteiger partial charge in [-0.3, -0.25) is 0 Å². The molecule has 86 valence electrons. The van der Waals surface area contributed by atoms with Gasteiger partial charge in [0, 0.05) is 11.4 Å². The number of aryl methyl sites for hydroxylation is 1. The Bertz CT molecular complexity index is 665. The Morgan fingerprint density at radius 1 is 1.35 bits per heavy atom. The van der Waals surface area contributed by atoms with Gasteiger partial charge in [-0.1, -0.05) is 11.6 Å². The summed E-state index contributed by atoms with van der Waals surface area (Å²) in [6.07, 6.45) is 0. The third-order valence-electron chi connectivity index (χ3n) is 2.35. The number of rotatable bonds is 1. The molecule has 2 heterocycles. The van der Waals surface area contributed by atoms with E-state index < -0.39 is 0 Å². The zero-order valence-corrected chi connectivity index (χ0v) is 10.5. The van der Waals surface area contributed by atoms with Crippen LogP contribution in [-0.4, -0.2) is 9.97 Å². The number of nitrogens with zero attached hydrogens (tertiary/aromatic N) is 2. The molecule has 17 heavy (non-hydrogen) atoms. The summed E-state index contributed by atoms with van der Waals surface area (Å²) >= 11 is 7.48. The standard InChI is InChI=1S/C11H8ClN3OS/c1-5-14-9(4-17-5)11-15-8-2-6(12)7(13)3-10(8)16-11/h2-4H,13H2,1H3. The Hall–Kier alpha value is -1.59. The first-order valence-corrected chi connectivity index (χ1v) is 6.17. The maximum Gasteiger partial charge on any atom is 0.247 e. The van der Waals surface area contributed by atoms with Crippen LogP contribution in [0.3, 0.4) is 0 Å². The van der Waals surface area contributed by atoms with Crippen molar-refractivity contribution in [3.8, 4) is 11.6 Å². The van der Waals surface area contributed by atoms with E-state index in [-0.39, 0.29) is 0 Å². The predicted molar refractivity (Wildman–Crippen MR) is 69.3 cm³/mol. The zero-order valence-electron chi connectivity index (χ0n) is 8.90. The number of halogens is 1. The molecule has 0 aliphatic heterocycles. The summed E-state index contributed by atoms with van der Waals surface area (Å²) < 4.78 is 5.60.